The van der Waals surface area contributed by atoms with Crippen LogP contribution in [0.1, 0.15) is 12.0 Å². The molecule has 1 rings (SSSR count). The number of rotatable bonds is 6. The van der Waals surface area contributed by atoms with E-state index in [0.29, 0.717) is 10.9 Å². The lowest BCUT2D eigenvalue weighted by atomic mass is 10.2. The molecule has 0 atom stereocenters. The lowest BCUT2D eigenvalue weighted by molar-refractivity contribution is 0.285. The largest absolute Gasteiger partial charge is 0.488 e. The molecule has 3 nitrogen and oxygen atoms in total. The second-order valence-corrected chi connectivity index (χ2v) is 6.67. The highest BCUT2D eigenvalue weighted by molar-refractivity contribution is 9.08. The van der Waals surface area contributed by atoms with E-state index in [9.17, 15) is 17.2 Å². The summed E-state index contributed by atoms with van der Waals surface area (Å²) in [6.45, 7) is -0.0471. The first kappa shape index (κ1) is 15.4. The van der Waals surface area contributed by atoms with Crippen molar-refractivity contribution in [1.82, 2.24) is 0 Å². The Morgan fingerprint density at radius 2 is 1.83 bits per heavy atom. The number of halogens is 3. The fraction of sp³-hybridized carbons (Fsp3) is 0.455. The SMILES string of the molecule is CS(=O)(=O)CCCOc1c(F)cc(CBr)cc1F. The van der Waals surface area contributed by atoms with Gasteiger partial charge in [0.25, 0.3) is 0 Å². The molecule has 7 heteroatoms. The third-order valence-corrected chi connectivity index (χ3v) is 3.80. The van der Waals surface area contributed by atoms with Crippen molar-refractivity contribution in [2.45, 2.75) is 11.8 Å². The molecule has 0 unspecified atom stereocenters. The van der Waals surface area contributed by atoms with E-state index in [1.54, 1.807) is 0 Å². The van der Waals surface area contributed by atoms with Crippen LogP contribution in [-0.4, -0.2) is 27.0 Å². The number of hydrogen-bond acceptors (Lipinski definition) is 3. The predicted molar refractivity (Wildman–Crippen MR) is 68.8 cm³/mol. The zero-order chi connectivity index (χ0) is 13.8. The summed E-state index contributed by atoms with van der Waals surface area (Å²) in [4.78, 5) is 0. The molecule has 102 valence electrons. The Morgan fingerprint density at radius 3 is 2.28 bits per heavy atom. The van der Waals surface area contributed by atoms with Gasteiger partial charge in [0, 0.05) is 11.6 Å². The van der Waals surface area contributed by atoms with Gasteiger partial charge in [-0.15, -0.1) is 0 Å². The average Bonchev–Trinajstić information content (AvgIpc) is 2.25. The molecule has 0 fully saturated rings. The molecule has 0 aromatic heterocycles. The van der Waals surface area contributed by atoms with E-state index >= 15 is 0 Å². The van der Waals surface area contributed by atoms with Crippen LogP contribution in [-0.2, 0) is 15.2 Å². The molecule has 0 aliphatic heterocycles. The van der Waals surface area contributed by atoms with Crippen molar-refractivity contribution < 1.29 is 21.9 Å². The van der Waals surface area contributed by atoms with E-state index in [2.05, 4.69) is 15.9 Å². The number of alkyl halides is 1. The van der Waals surface area contributed by atoms with E-state index < -0.39 is 27.2 Å². The monoisotopic (exact) mass is 342 g/mol. The minimum Gasteiger partial charge on any atom is -0.488 e. The number of ether oxygens (including phenoxy) is 1. The normalized spacial score (nSPS) is 11.6. The van der Waals surface area contributed by atoms with Gasteiger partial charge in [0.05, 0.1) is 12.4 Å². The molecular weight excluding hydrogens is 330 g/mol. The second-order valence-electron chi connectivity index (χ2n) is 3.85. The molecule has 18 heavy (non-hydrogen) atoms. The van der Waals surface area contributed by atoms with E-state index in [0.717, 1.165) is 6.26 Å². The van der Waals surface area contributed by atoms with Gasteiger partial charge in [-0.3, -0.25) is 0 Å². The minimum atomic E-state index is -3.08. The third kappa shape index (κ3) is 4.89. The molecule has 0 saturated heterocycles. The molecule has 0 saturated carbocycles. The first-order chi connectivity index (χ1) is 8.33. The zero-order valence-corrected chi connectivity index (χ0v) is 12.2. The molecule has 0 N–H and O–H groups in total. The van der Waals surface area contributed by atoms with E-state index in [1.807, 2.05) is 0 Å². The maximum atomic E-state index is 13.5. The summed E-state index contributed by atoms with van der Waals surface area (Å²) in [7, 11) is -3.08. The lowest BCUT2D eigenvalue weighted by Crippen LogP contribution is -2.09. The van der Waals surface area contributed by atoms with Crippen LogP contribution in [0.5, 0.6) is 5.75 Å². The molecule has 0 aliphatic rings. The summed E-state index contributed by atoms with van der Waals surface area (Å²) in [5.41, 5.74) is 0.466. The van der Waals surface area contributed by atoms with E-state index in [-0.39, 0.29) is 18.8 Å². The van der Waals surface area contributed by atoms with Gasteiger partial charge in [-0.2, -0.15) is 0 Å². The molecule has 0 bridgehead atoms. The smallest absolute Gasteiger partial charge is 0.190 e. The van der Waals surface area contributed by atoms with Gasteiger partial charge < -0.3 is 4.74 Å². The molecule has 1 aromatic rings. The first-order valence-electron chi connectivity index (χ1n) is 5.18. The average molecular weight is 343 g/mol. The Balaban J connectivity index is 2.63. The van der Waals surface area contributed by atoms with Crippen molar-refractivity contribution in [3.05, 3.63) is 29.3 Å². The van der Waals surface area contributed by atoms with Crippen molar-refractivity contribution in [2.24, 2.45) is 0 Å². The zero-order valence-electron chi connectivity index (χ0n) is 9.75. The third-order valence-electron chi connectivity index (χ3n) is 2.12. The Hall–Kier alpha value is -0.690. The number of benzene rings is 1. The molecule has 0 amide bonds. The molecule has 0 aliphatic carbocycles. The first-order valence-corrected chi connectivity index (χ1v) is 8.36. The van der Waals surface area contributed by atoms with Gasteiger partial charge in [0.15, 0.2) is 17.4 Å². The standard InChI is InChI=1S/C11H13BrF2O3S/c1-18(15,16)4-2-3-17-11-9(13)5-8(7-12)6-10(11)14/h5-6H,2-4,7H2,1H3. The van der Waals surface area contributed by atoms with Gasteiger partial charge in [-0.1, -0.05) is 15.9 Å². The van der Waals surface area contributed by atoms with Crippen LogP contribution in [0.4, 0.5) is 8.78 Å². The van der Waals surface area contributed by atoms with Crippen molar-refractivity contribution >= 4 is 25.8 Å². The van der Waals surface area contributed by atoms with Crippen LogP contribution < -0.4 is 4.74 Å². The summed E-state index contributed by atoms with van der Waals surface area (Å²) >= 11 is 3.10. The van der Waals surface area contributed by atoms with Gasteiger partial charge in [0.1, 0.15) is 9.84 Å². The highest BCUT2D eigenvalue weighted by Crippen LogP contribution is 2.24. The Bertz CT molecular complexity index is 494. The van der Waals surface area contributed by atoms with Gasteiger partial charge in [-0.25, -0.2) is 17.2 Å². The molecule has 0 heterocycles. The van der Waals surface area contributed by atoms with Crippen molar-refractivity contribution in [1.29, 1.82) is 0 Å². The maximum absolute atomic E-state index is 13.5. The van der Waals surface area contributed by atoms with Crippen LogP contribution in [0.2, 0.25) is 0 Å². The van der Waals surface area contributed by atoms with Crippen LogP contribution in [0.3, 0.4) is 0 Å². The minimum absolute atomic E-state index is 0.0471. The summed E-state index contributed by atoms with van der Waals surface area (Å²) in [6.07, 6.45) is 1.29. The maximum Gasteiger partial charge on any atom is 0.190 e. The van der Waals surface area contributed by atoms with Gasteiger partial charge in [0.2, 0.25) is 0 Å². The quantitative estimate of drug-likeness (QED) is 0.589. The Labute approximate surface area is 113 Å². The Morgan fingerprint density at radius 1 is 1.28 bits per heavy atom. The highest BCUT2D eigenvalue weighted by atomic mass is 79.9. The summed E-state index contributed by atoms with van der Waals surface area (Å²) in [5, 5.41) is 0.342. The Kier molecular flexibility index (Phi) is 5.52. The number of hydrogen-bond donors (Lipinski definition) is 0. The van der Waals surface area contributed by atoms with Crippen molar-refractivity contribution in [3.63, 3.8) is 0 Å². The van der Waals surface area contributed by atoms with E-state index in [1.165, 1.54) is 12.1 Å². The topological polar surface area (TPSA) is 43.4 Å². The summed E-state index contributed by atoms with van der Waals surface area (Å²) < 4.78 is 53.5. The molecule has 0 radical (unpaired) electrons. The second kappa shape index (κ2) is 6.47. The fourth-order valence-electron chi connectivity index (χ4n) is 1.32. The van der Waals surface area contributed by atoms with Crippen molar-refractivity contribution in [3.8, 4) is 5.75 Å². The summed E-state index contributed by atoms with van der Waals surface area (Å²) in [5.74, 6) is -2.11. The van der Waals surface area contributed by atoms with Gasteiger partial charge >= 0.3 is 0 Å². The molecular formula is C11H13BrF2O3S. The van der Waals surface area contributed by atoms with Crippen LogP contribution in [0.25, 0.3) is 0 Å². The van der Waals surface area contributed by atoms with E-state index in [4.69, 9.17) is 4.74 Å². The fourth-order valence-corrected chi connectivity index (χ4v) is 2.29. The molecule has 0 spiro atoms. The van der Waals surface area contributed by atoms with Crippen LogP contribution in [0, 0.1) is 11.6 Å². The summed E-state index contributed by atoms with van der Waals surface area (Å²) in [6, 6.07) is 2.34. The highest BCUT2D eigenvalue weighted by Gasteiger charge is 2.12. The predicted octanol–water partition coefficient (Wildman–Crippen LogP) is 2.67. The lowest BCUT2D eigenvalue weighted by Gasteiger charge is -2.09. The van der Waals surface area contributed by atoms with Gasteiger partial charge in [-0.05, 0) is 24.1 Å². The molecule has 1 aromatic carbocycles. The number of sulfone groups is 1. The van der Waals surface area contributed by atoms with Crippen molar-refractivity contribution in [2.75, 3.05) is 18.6 Å². The van der Waals surface area contributed by atoms with Crippen LogP contribution in [0.15, 0.2) is 12.1 Å². The van der Waals surface area contributed by atoms with Crippen LogP contribution >= 0.6 is 15.9 Å².